The second-order valence-corrected chi connectivity index (χ2v) is 13.4. The maximum atomic E-state index is 6.72. The first-order chi connectivity index (χ1) is 10.0. The summed E-state index contributed by atoms with van der Waals surface area (Å²) < 4.78 is 6.72. The van der Waals surface area contributed by atoms with Crippen molar-refractivity contribution in [1.82, 2.24) is 0 Å². The molecule has 3 nitrogen and oxygen atoms in total. The van der Waals surface area contributed by atoms with Crippen LogP contribution in [-0.4, -0.2) is 29.0 Å². The van der Waals surface area contributed by atoms with Crippen molar-refractivity contribution >= 4 is 27.0 Å². The molecule has 5 heteroatoms. The Balaban J connectivity index is 2.36. The van der Waals surface area contributed by atoms with E-state index in [9.17, 15) is 0 Å². The van der Waals surface area contributed by atoms with E-state index in [1.807, 2.05) is 36.4 Å². The molecule has 2 rings (SSSR count). The molecule has 0 fully saturated rings. The zero-order valence-electron chi connectivity index (χ0n) is 12.8. The number of hydrogen-bond donors (Lipinski definition) is 2. The van der Waals surface area contributed by atoms with Gasteiger partial charge in [-0.3, -0.25) is 0 Å². The molecule has 0 aliphatic rings. The Bertz CT molecular complexity index is 516. The fourth-order valence-electron chi connectivity index (χ4n) is 2.52. The highest BCUT2D eigenvalue weighted by Crippen LogP contribution is 2.14. The van der Waals surface area contributed by atoms with Gasteiger partial charge in [0.15, 0.2) is 0 Å². The number of nitrogens with two attached hydrogens (primary N) is 2. The molecule has 2 aromatic carbocycles. The number of rotatable bonds is 6. The van der Waals surface area contributed by atoms with E-state index < -0.39 is 16.6 Å². The summed E-state index contributed by atoms with van der Waals surface area (Å²) in [6.07, 6.45) is 1.12. The van der Waals surface area contributed by atoms with Gasteiger partial charge in [-0.2, -0.15) is 0 Å². The highest BCUT2D eigenvalue weighted by atomic mass is 28.4. The van der Waals surface area contributed by atoms with Gasteiger partial charge in [-0.15, -0.1) is 0 Å². The van der Waals surface area contributed by atoms with Crippen LogP contribution < -0.4 is 21.8 Å². The lowest BCUT2D eigenvalue weighted by molar-refractivity contribution is 0.556. The van der Waals surface area contributed by atoms with Gasteiger partial charge in [-0.1, -0.05) is 60.7 Å². The summed E-state index contributed by atoms with van der Waals surface area (Å²) in [5.74, 6) is 0. The lowest BCUT2D eigenvalue weighted by Gasteiger charge is -2.37. The quantitative estimate of drug-likeness (QED) is 0.781. The topological polar surface area (TPSA) is 61.3 Å². The van der Waals surface area contributed by atoms with Crippen molar-refractivity contribution in [3.8, 4) is 0 Å². The van der Waals surface area contributed by atoms with Crippen molar-refractivity contribution in [3.05, 3.63) is 60.7 Å². The van der Waals surface area contributed by atoms with Crippen molar-refractivity contribution < 1.29 is 4.12 Å². The molecule has 2 unspecified atom stereocenters. The Kier molecular flexibility index (Phi) is 5.13. The van der Waals surface area contributed by atoms with Crippen LogP contribution in [0.15, 0.2) is 60.7 Å². The monoisotopic (exact) mass is 316 g/mol. The summed E-state index contributed by atoms with van der Waals surface area (Å²) in [6, 6.07) is 20.7. The van der Waals surface area contributed by atoms with Gasteiger partial charge >= 0.3 is 0 Å². The molecule has 0 saturated carbocycles. The van der Waals surface area contributed by atoms with E-state index in [2.05, 4.69) is 37.4 Å². The molecule has 0 spiro atoms. The minimum atomic E-state index is -2.18. The van der Waals surface area contributed by atoms with E-state index in [1.54, 1.807) is 0 Å². The maximum absolute atomic E-state index is 6.72. The minimum absolute atomic E-state index is 0.562. The Morgan fingerprint density at radius 2 is 1.05 bits per heavy atom. The van der Waals surface area contributed by atoms with Crippen LogP contribution in [0.1, 0.15) is 0 Å². The molecule has 112 valence electrons. The van der Waals surface area contributed by atoms with E-state index >= 15 is 0 Å². The molecule has 0 heterocycles. The lowest BCUT2D eigenvalue weighted by atomic mass is 10.4. The number of hydrogen-bond acceptors (Lipinski definition) is 3. The van der Waals surface area contributed by atoms with Crippen LogP contribution in [-0.2, 0) is 4.12 Å². The Labute approximate surface area is 129 Å². The largest absolute Gasteiger partial charge is 0.447 e. The van der Waals surface area contributed by atoms with Crippen LogP contribution in [0.25, 0.3) is 0 Å². The van der Waals surface area contributed by atoms with Crippen molar-refractivity contribution in [2.24, 2.45) is 11.5 Å². The Morgan fingerprint density at radius 1 is 0.714 bits per heavy atom. The average molecular weight is 317 g/mol. The van der Waals surface area contributed by atoms with Gasteiger partial charge in [0.2, 0.25) is 16.6 Å². The summed E-state index contributed by atoms with van der Waals surface area (Å²) in [6.45, 7) is 4.37. The summed E-state index contributed by atoms with van der Waals surface area (Å²) in [5.41, 5.74) is 12.2. The van der Waals surface area contributed by atoms with Crippen molar-refractivity contribution in [2.45, 2.75) is 13.1 Å². The summed E-state index contributed by atoms with van der Waals surface area (Å²) >= 11 is 0. The fraction of sp³-hybridized carbons (Fsp3) is 0.250. The first kappa shape index (κ1) is 16.1. The first-order valence-electron chi connectivity index (χ1n) is 7.25. The van der Waals surface area contributed by atoms with Crippen LogP contribution in [0.5, 0.6) is 0 Å². The molecule has 4 N–H and O–H groups in total. The standard InChI is InChI=1S/C16H24N2OSi2/c1-20(13-17,15-9-5-3-6-10-15)19-21(2,14-18)16-11-7-4-8-12-16/h3-12H,13-14,17-18H2,1-2H3. The predicted octanol–water partition coefficient (Wildman–Crippen LogP) is 0.964. The molecule has 0 radical (unpaired) electrons. The molecular weight excluding hydrogens is 292 g/mol. The Morgan fingerprint density at radius 3 is 1.33 bits per heavy atom. The molecule has 0 amide bonds. The third kappa shape index (κ3) is 3.50. The van der Waals surface area contributed by atoms with Crippen molar-refractivity contribution in [2.75, 3.05) is 12.3 Å². The van der Waals surface area contributed by atoms with Gasteiger partial charge in [0, 0.05) is 12.3 Å². The lowest BCUT2D eigenvalue weighted by Crippen LogP contribution is -2.66. The van der Waals surface area contributed by atoms with Gasteiger partial charge in [-0.05, 0) is 23.5 Å². The number of benzene rings is 2. The average Bonchev–Trinajstić information content (AvgIpc) is 2.56. The summed E-state index contributed by atoms with van der Waals surface area (Å²) in [7, 11) is -4.36. The first-order valence-corrected chi connectivity index (χ1v) is 12.5. The van der Waals surface area contributed by atoms with Crippen LogP contribution in [0, 0.1) is 0 Å². The second kappa shape index (κ2) is 6.68. The van der Waals surface area contributed by atoms with Crippen LogP contribution in [0.2, 0.25) is 13.1 Å². The van der Waals surface area contributed by atoms with Crippen molar-refractivity contribution in [3.63, 3.8) is 0 Å². The van der Waals surface area contributed by atoms with Gasteiger partial charge in [0.25, 0.3) is 0 Å². The molecule has 0 bridgehead atoms. The highest BCUT2D eigenvalue weighted by Gasteiger charge is 2.40. The van der Waals surface area contributed by atoms with Gasteiger partial charge < -0.3 is 15.6 Å². The van der Waals surface area contributed by atoms with E-state index in [4.69, 9.17) is 15.6 Å². The molecule has 0 aromatic heterocycles. The molecule has 0 aliphatic carbocycles. The molecule has 21 heavy (non-hydrogen) atoms. The predicted molar refractivity (Wildman–Crippen MR) is 94.6 cm³/mol. The second-order valence-electron chi connectivity index (χ2n) is 5.70. The molecular formula is C16H24N2OSi2. The van der Waals surface area contributed by atoms with Crippen molar-refractivity contribution in [1.29, 1.82) is 0 Å². The highest BCUT2D eigenvalue weighted by molar-refractivity contribution is 6.98. The minimum Gasteiger partial charge on any atom is -0.447 e. The van der Waals surface area contributed by atoms with Gasteiger partial charge in [0.05, 0.1) is 0 Å². The third-order valence-corrected chi connectivity index (χ3v) is 12.3. The van der Waals surface area contributed by atoms with E-state index in [0.29, 0.717) is 12.3 Å². The third-order valence-electron chi connectivity index (χ3n) is 4.00. The zero-order chi connectivity index (χ0) is 15.3. The normalized spacial score (nSPS) is 17.0. The van der Waals surface area contributed by atoms with E-state index in [1.165, 1.54) is 10.4 Å². The zero-order valence-corrected chi connectivity index (χ0v) is 14.8. The fourth-order valence-corrected chi connectivity index (χ4v) is 10.4. The van der Waals surface area contributed by atoms with Gasteiger partial charge in [-0.25, -0.2) is 0 Å². The molecule has 2 atom stereocenters. The molecule has 0 aliphatic heterocycles. The molecule has 2 aromatic rings. The maximum Gasteiger partial charge on any atom is 0.223 e. The summed E-state index contributed by atoms with van der Waals surface area (Å²) in [5, 5.41) is 2.46. The Hall–Kier alpha value is -1.25. The van der Waals surface area contributed by atoms with E-state index in [-0.39, 0.29) is 0 Å². The smallest absolute Gasteiger partial charge is 0.223 e. The van der Waals surface area contributed by atoms with Crippen LogP contribution >= 0.6 is 0 Å². The summed E-state index contributed by atoms with van der Waals surface area (Å²) in [4.78, 5) is 0. The SMILES string of the molecule is C[Si](CN)(O[Si](C)(CN)c1ccccc1)c1ccccc1. The van der Waals surface area contributed by atoms with Crippen LogP contribution in [0.4, 0.5) is 0 Å². The molecule has 0 saturated heterocycles. The van der Waals surface area contributed by atoms with Crippen LogP contribution in [0.3, 0.4) is 0 Å². The van der Waals surface area contributed by atoms with Gasteiger partial charge in [0.1, 0.15) is 0 Å². The van der Waals surface area contributed by atoms with E-state index in [0.717, 1.165) is 0 Å².